The minimum Gasteiger partial charge on any atom is -0.496 e. The Hall–Kier alpha value is -1.46. The molecule has 0 saturated carbocycles. The molecule has 0 aliphatic carbocycles. The van der Waals surface area contributed by atoms with Gasteiger partial charge in [0.15, 0.2) is 0 Å². The fourth-order valence-electron chi connectivity index (χ4n) is 1.84. The number of ether oxygens (including phenoxy) is 1. The highest BCUT2D eigenvalue weighted by Gasteiger charge is 2.17. The van der Waals surface area contributed by atoms with Crippen LogP contribution in [0.3, 0.4) is 0 Å². The van der Waals surface area contributed by atoms with Gasteiger partial charge in [-0.15, -0.1) is 0 Å². The lowest BCUT2D eigenvalue weighted by Gasteiger charge is -2.17. The van der Waals surface area contributed by atoms with Gasteiger partial charge in [-0.05, 0) is 39.7 Å². The van der Waals surface area contributed by atoms with Crippen molar-refractivity contribution in [1.29, 1.82) is 0 Å². The van der Waals surface area contributed by atoms with Gasteiger partial charge in [-0.25, -0.2) is 8.78 Å². The molecule has 100 valence electrons. The third kappa shape index (κ3) is 2.93. The molecule has 19 heavy (non-hydrogen) atoms. The summed E-state index contributed by atoms with van der Waals surface area (Å²) in [5, 5.41) is 0. The van der Waals surface area contributed by atoms with Crippen LogP contribution in [0.15, 0.2) is 40.9 Å². The van der Waals surface area contributed by atoms with E-state index in [4.69, 9.17) is 10.5 Å². The molecule has 0 aromatic heterocycles. The predicted octanol–water partition coefficient (Wildman–Crippen LogP) is 3.78. The molecule has 0 spiro atoms. The number of hydrogen-bond donors (Lipinski definition) is 1. The molecule has 2 aromatic carbocycles. The number of hydrogen-bond acceptors (Lipinski definition) is 2. The van der Waals surface area contributed by atoms with E-state index in [0.717, 1.165) is 0 Å². The fraction of sp³-hybridized carbons (Fsp3) is 0.143. The highest BCUT2D eigenvalue weighted by molar-refractivity contribution is 9.10. The minimum atomic E-state index is -0.595. The molecule has 0 bridgehead atoms. The molecule has 0 heterocycles. The van der Waals surface area contributed by atoms with Crippen molar-refractivity contribution < 1.29 is 13.5 Å². The lowest BCUT2D eigenvalue weighted by atomic mass is 9.98. The minimum absolute atomic E-state index is 0.287. The zero-order valence-corrected chi connectivity index (χ0v) is 11.7. The van der Waals surface area contributed by atoms with Crippen molar-refractivity contribution in [3.05, 3.63) is 63.6 Å². The zero-order chi connectivity index (χ0) is 14.0. The van der Waals surface area contributed by atoms with Crippen molar-refractivity contribution in [3.63, 3.8) is 0 Å². The van der Waals surface area contributed by atoms with Gasteiger partial charge in [-0.3, -0.25) is 0 Å². The van der Waals surface area contributed by atoms with Crippen LogP contribution < -0.4 is 10.5 Å². The molecule has 0 radical (unpaired) electrons. The van der Waals surface area contributed by atoms with E-state index in [1.54, 1.807) is 18.2 Å². The molecule has 0 amide bonds. The quantitative estimate of drug-likeness (QED) is 0.931. The van der Waals surface area contributed by atoms with Crippen LogP contribution in [0.2, 0.25) is 0 Å². The average molecular weight is 328 g/mol. The van der Waals surface area contributed by atoms with Crippen molar-refractivity contribution in [3.8, 4) is 5.75 Å². The second-order valence-electron chi connectivity index (χ2n) is 4.04. The maximum absolute atomic E-state index is 13.4. The summed E-state index contributed by atoms with van der Waals surface area (Å²) in [7, 11) is 1.43. The van der Waals surface area contributed by atoms with Gasteiger partial charge in [0.2, 0.25) is 0 Å². The number of nitrogens with two attached hydrogens (primary N) is 1. The number of rotatable bonds is 3. The number of halogens is 3. The third-order valence-electron chi connectivity index (χ3n) is 2.82. The van der Waals surface area contributed by atoms with Crippen molar-refractivity contribution in [2.24, 2.45) is 5.73 Å². The summed E-state index contributed by atoms with van der Waals surface area (Å²) >= 11 is 3.10. The van der Waals surface area contributed by atoms with E-state index in [0.29, 0.717) is 16.9 Å². The smallest absolute Gasteiger partial charge is 0.141 e. The highest BCUT2D eigenvalue weighted by Crippen LogP contribution is 2.32. The van der Waals surface area contributed by atoms with Crippen LogP contribution in [-0.2, 0) is 0 Å². The molecule has 1 unspecified atom stereocenters. The molecule has 2 aromatic rings. The Morgan fingerprint density at radius 3 is 2.58 bits per heavy atom. The van der Waals surface area contributed by atoms with E-state index in [1.165, 1.54) is 25.3 Å². The van der Waals surface area contributed by atoms with Gasteiger partial charge in [0, 0.05) is 11.6 Å². The summed E-state index contributed by atoms with van der Waals surface area (Å²) in [4.78, 5) is 0. The molecule has 0 aliphatic rings. The third-order valence-corrected chi connectivity index (χ3v) is 3.42. The Bertz CT molecular complexity index is 604. The fourth-order valence-corrected chi connectivity index (χ4v) is 2.20. The SMILES string of the molecule is COc1cc(F)c(Br)cc1C(N)c1cccc(F)c1. The van der Waals surface area contributed by atoms with Crippen molar-refractivity contribution >= 4 is 15.9 Å². The summed E-state index contributed by atoms with van der Waals surface area (Å²) in [5.41, 5.74) is 7.27. The maximum atomic E-state index is 13.4. The highest BCUT2D eigenvalue weighted by atomic mass is 79.9. The van der Waals surface area contributed by atoms with Crippen LogP contribution >= 0.6 is 15.9 Å². The lowest BCUT2D eigenvalue weighted by molar-refractivity contribution is 0.404. The largest absolute Gasteiger partial charge is 0.496 e. The van der Waals surface area contributed by atoms with E-state index in [1.807, 2.05) is 0 Å². The topological polar surface area (TPSA) is 35.2 Å². The number of benzene rings is 2. The molecule has 0 aliphatic heterocycles. The Labute approximate surface area is 118 Å². The molecule has 0 saturated heterocycles. The molecule has 2 nitrogen and oxygen atoms in total. The molecule has 2 N–H and O–H groups in total. The van der Waals surface area contributed by atoms with Gasteiger partial charge < -0.3 is 10.5 Å². The first-order chi connectivity index (χ1) is 9.02. The summed E-state index contributed by atoms with van der Waals surface area (Å²) in [6.45, 7) is 0. The molecular formula is C14H12BrF2NO. The molecule has 0 fully saturated rings. The second-order valence-corrected chi connectivity index (χ2v) is 4.90. The van der Waals surface area contributed by atoms with Crippen LogP contribution in [-0.4, -0.2) is 7.11 Å². The Kier molecular flexibility index (Phi) is 4.17. The van der Waals surface area contributed by atoms with E-state index in [9.17, 15) is 8.78 Å². The van der Waals surface area contributed by atoms with Crippen LogP contribution in [0.5, 0.6) is 5.75 Å². The monoisotopic (exact) mass is 327 g/mol. The van der Waals surface area contributed by atoms with E-state index in [2.05, 4.69) is 15.9 Å². The summed E-state index contributed by atoms with van der Waals surface area (Å²) in [6.07, 6.45) is 0. The molecule has 2 rings (SSSR count). The van der Waals surface area contributed by atoms with Crippen molar-refractivity contribution in [1.82, 2.24) is 0 Å². The molecule has 1 atom stereocenters. The lowest BCUT2D eigenvalue weighted by Crippen LogP contribution is -2.13. The summed E-state index contributed by atoms with van der Waals surface area (Å²) in [6, 6.07) is 8.18. The predicted molar refractivity (Wildman–Crippen MR) is 73.1 cm³/mol. The summed E-state index contributed by atoms with van der Waals surface area (Å²) in [5.74, 6) is -0.474. The van der Waals surface area contributed by atoms with E-state index < -0.39 is 11.9 Å². The van der Waals surface area contributed by atoms with Gasteiger partial charge in [0.1, 0.15) is 17.4 Å². The van der Waals surface area contributed by atoms with Crippen LogP contribution in [0, 0.1) is 11.6 Å². The molecule has 5 heteroatoms. The number of methoxy groups -OCH3 is 1. The van der Waals surface area contributed by atoms with E-state index >= 15 is 0 Å². The average Bonchev–Trinajstić information content (AvgIpc) is 2.40. The standard InChI is InChI=1S/C14H12BrF2NO/c1-19-13-7-12(17)11(15)6-10(13)14(18)8-3-2-4-9(16)5-8/h2-7,14H,18H2,1H3. The van der Waals surface area contributed by atoms with Crippen molar-refractivity contribution in [2.75, 3.05) is 7.11 Å². The van der Waals surface area contributed by atoms with Crippen LogP contribution in [0.4, 0.5) is 8.78 Å². The van der Waals surface area contributed by atoms with Gasteiger partial charge in [0.05, 0.1) is 17.6 Å². The van der Waals surface area contributed by atoms with Crippen molar-refractivity contribution in [2.45, 2.75) is 6.04 Å². The van der Waals surface area contributed by atoms with Crippen LogP contribution in [0.1, 0.15) is 17.2 Å². The first-order valence-corrected chi connectivity index (χ1v) is 6.36. The first kappa shape index (κ1) is 14.0. The van der Waals surface area contributed by atoms with Gasteiger partial charge in [0.25, 0.3) is 0 Å². The Morgan fingerprint density at radius 1 is 1.21 bits per heavy atom. The van der Waals surface area contributed by atoms with E-state index in [-0.39, 0.29) is 10.3 Å². The summed E-state index contributed by atoms with van der Waals surface area (Å²) < 4.78 is 32.1. The molecular weight excluding hydrogens is 316 g/mol. The van der Waals surface area contributed by atoms with Crippen LogP contribution in [0.25, 0.3) is 0 Å². The van der Waals surface area contributed by atoms with Gasteiger partial charge >= 0.3 is 0 Å². The Balaban J connectivity index is 2.49. The Morgan fingerprint density at radius 2 is 1.95 bits per heavy atom. The normalized spacial score (nSPS) is 12.3. The van der Waals surface area contributed by atoms with Gasteiger partial charge in [-0.1, -0.05) is 12.1 Å². The second kappa shape index (κ2) is 5.67. The van der Waals surface area contributed by atoms with Gasteiger partial charge in [-0.2, -0.15) is 0 Å². The zero-order valence-electron chi connectivity index (χ0n) is 10.2. The first-order valence-electron chi connectivity index (χ1n) is 5.57. The maximum Gasteiger partial charge on any atom is 0.141 e.